The molecule has 0 aliphatic carbocycles. The molecule has 2 aromatic rings. The second-order valence-electron chi connectivity index (χ2n) is 4.50. The minimum absolute atomic E-state index is 0.187. The molecule has 0 unspecified atom stereocenters. The van der Waals surface area contributed by atoms with Gasteiger partial charge in [0.1, 0.15) is 9.20 Å². The van der Waals surface area contributed by atoms with Gasteiger partial charge in [0.15, 0.2) is 0 Å². The summed E-state index contributed by atoms with van der Waals surface area (Å²) in [7, 11) is -3.65. The van der Waals surface area contributed by atoms with E-state index < -0.39 is 10.0 Å². The van der Waals surface area contributed by atoms with Gasteiger partial charge in [-0.1, -0.05) is 28.1 Å². The molecule has 1 aromatic heterocycles. The lowest BCUT2D eigenvalue weighted by Gasteiger charge is -2.13. The van der Waals surface area contributed by atoms with Crippen LogP contribution in [0.3, 0.4) is 0 Å². The van der Waals surface area contributed by atoms with E-state index >= 15 is 0 Å². The minimum Gasteiger partial charge on any atom is -0.389 e. The molecule has 0 saturated heterocycles. The Balaban J connectivity index is 2.40. The van der Waals surface area contributed by atoms with Crippen molar-refractivity contribution in [3.05, 3.63) is 44.7 Å². The number of nitrogens with one attached hydrogen (secondary N) is 1. The van der Waals surface area contributed by atoms with Gasteiger partial charge in [-0.2, -0.15) is 0 Å². The van der Waals surface area contributed by atoms with E-state index in [0.717, 1.165) is 26.9 Å². The van der Waals surface area contributed by atoms with Crippen LogP contribution in [0.1, 0.15) is 16.0 Å². The predicted molar refractivity (Wildman–Crippen MR) is 94.6 cm³/mol. The van der Waals surface area contributed by atoms with Crippen LogP contribution in [0.5, 0.6) is 0 Å². The van der Waals surface area contributed by atoms with E-state index in [1.165, 1.54) is 6.07 Å². The Bertz CT molecular complexity index is 790. The summed E-state index contributed by atoms with van der Waals surface area (Å²) in [5.41, 5.74) is 7.78. The van der Waals surface area contributed by atoms with Crippen molar-refractivity contribution in [2.24, 2.45) is 5.73 Å². The molecule has 0 spiro atoms. The van der Waals surface area contributed by atoms with E-state index in [2.05, 4.69) is 20.7 Å². The minimum atomic E-state index is -3.65. The van der Waals surface area contributed by atoms with Crippen LogP contribution in [0.25, 0.3) is 0 Å². The van der Waals surface area contributed by atoms with Gasteiger partial charge < -0.3 is 5.73 Å². The molecule has 8 heteroatoms. The predicted octanol–water partition coefficient (Wildman–Crippen LogP) is 3.56. The van der Waals surface area contributed by atoms with Gasteiger partial charge in [-0.25, -0.2) is 8.42 Å². The number of anilines is 1. The normalized spacial score (nSPS) is 11.4. The number of sulfonamides is 1. The van der Waals surface area contributed by atoms with Crippen LogP contribution in [-0.2, 0) is 10.0 Å². The Labute approximate surface area is 141 Å². The standard InChI is InChI=1S/C13H13BrN2O2S3/c1-7-5-9(14)6-8(2)12(7)16-21(17,18)11-4-3-10(20-11)13(15)19/h3-6,16H,1-2H3,(H2,15,19). The largest absolute Gasteiger partial charge is 0.389 e. The molecule has 0 aliphatic rings. The van der Waals surface area contributed by atoms with Gasteiger partial charge in [0.2, 0.25) is 0 Å². The number of benzene rings is 1. The summed E-state index contributed by atoms with van der Waals surface area (Å²) in [6.07, 6.45) is 0. The Morgan fingerprint density at radius 3 is 2.33 bits per heavy atom. The maximum Gasteiger partial charge on any atom is 0.271 e. The van der Waals surface area contributed by atoms with Crippen LogP contribution >= 0.6 is 39.5 Å². The number of rotatable bonds is 4. The molecule has 0 aliphatic heterocycles. The van der Waals surface area contributed by atoms with E-state index in [0.29, 0.717) is 10.6 Å². The highest BCUT2D eigenvalue weighted by molar-refractivity contribution is 9.10. The molecule has 0 amide bonds. The third kappa shape index (κ3) is 3.63. The van der Waals surface area contributed by atoms with Crippen LogP contribution in [0.4, 0.5) is 5.69 Å². The molecule has 1 heterocycles. The van der Waals surface area contributed by atoms with Crippen LogP contribution in [0, 0.1) is 13.8 Å². The lowest BCUT2D eigenvalue weighted by molar-refractivity contribution is 0.603. The van der Waals surface area contributed by atoms with Crippen LogP contribution in [0.15, 0.2) is 32.9 Å². The van der Waals surface area contributed by atoms with Crippen molar-refractivity contribution in [2.75, 3.05) is 4.72 Å². The zero-order valence-corrected chi connectivity index (χ0v) is 15.3. The van der Waals surface area contributed by atoms with Crippen molar-refractivity contribution >= 4 is 60.2 Å². The lowest BCUT2D eigenvalue weighted by atomic mass is 10.1. The molecule has 0 radical (unpaired) electrons. The number of thiocarbonyl (C=S) groups is 1. The first kappa shape index (κ1) is 16.4. The zero-order chi connectivity index (χ0) is 15.8. The van der Waals surface area contributed by atoms with Gasteiger partial charge in [0, 0.05) is 4.47 Å². The molecule has 21 heavy (non-hydrogen) atoms. The van der Waals surface area contributed by atoms with Gasteiger partial charge in [-0.3, -0.25) is 4.72 Å². The fourth-order valence-electron chi connectivity index (χ4n) is 1.85. The Hall–Kier alpha value is -0.960. The third-order valence-electron chi connectivity index (χ3n) is 2.82. The van der Waals surface area contributed by atoms with Crippen LogP contribution < -0.4 is 10.5 Å². The maximum atomic E-state index is 12.4. The molecule has 4 nitrogen and oxygen atoms in total. The van der Waals surface area contributed by atoms with E-state index in [4.69, 9.17) is 18.0 Å². The smallest absolute Gasteiger partial charge is 0.271 e. The first-order chi connectivity index (χ1) is 9.70. The molecular weight excluding hydrogens is 392 g/mol. The summed E-state index contributed by atoms with van der Waals surface area (Å²) in [5.74, 6) is 0. The average molecular weight is 405 g/mol. The summed E-state index contributed by atoms with van der Waals surface area (Å²) in [6.45, 7) is 3.70. The summed E-state index contributed by atoms with van der Waals surface area (Å²) in [5, 5.41) is 0. The maximum absolute atomic E-state index is 12.4. The number of nitrogens with two attached hydrogens (primary N) is 1. The second-order valence-corrected chi connectivity index (χ2v) is 8.85. The van der Waals surface area contributed by atoms with Gasteiger partial charge in [-0.15, -0.1) is 11.3 Å². The van der Waals surface area contributed by atoms with Crippen molar-refractivity contribution in [3.63, 3.8) is 0 Å². The van der Waals surface area contributed by atoms with Gasteiger partial charge in [0.05, 0.1) is 10.6 Å². The number of hydrogen-bond donors (Lipinski definition) is 2. The monoisotopic (exact) mass is 404 g/mol. The molecule has 0 atom stereocenters. The van der Waals surface area contributed by atoms with Crippen molar-refractivity contribution in [3.8, 4) is 0 Å². The first-order valence-corrected chi connectivity index (χ1v) is 9.40. The van der Waals surface area contributed by atoms with Crippen LogP contribution in [-0.4, -0.2) is 13.4 Å². The molecule has 3 N–H and O–H groups in total. The summed E-state index contributed by atoms with van der Waals surface area (Å²) < 4.78 is 28.6. The topological polar surface area (TPSA) is 72.2 Å². The highest BCUT2D eigenvalue weighted by Gasteiger charge is 2.19. The second kappa shape index (κ2) is 6.04. The molecule has 2 rings (SSSR count). The Morgan fingerprint density at radius 2 is 1.86 bits per heavy atom. The fourth-order valence-corrected chi connectivity index (χ4v) is 5.09. The average Bonchev–Trinajstić information content (AvgIpc) is 2.84. The van der Waals surface area contributed by atoms with Gasteiger partial charge in [0.25, 0.3) is 10.0 Å². The number of hydrogen-bond acceptors (Lipinski definition) is 4. The summed E-state index contributed by atoms with van der Waals surface area (Å²) in [6, 6.07) is 6.84. The van der Waals surface area contributed by atoms with Crippen molar-refractivity contribution < 1.29 is 8.42 Å². The zero-order valence-electron chi connectivity index (χ0n) is 11.3. The third-order valence-corrected chi connectivity index (χ3v) is 6.59. The molecule has 0 fully saturated rings. The van der Waals surface area contributed by atoms with E-state index in [1.807, 2.05) is 26.0 Å². The van der Waals surface area contributed by atoms with Crippen molar-refractivity contribution in [1.29, 1.82) is 0 Å². The number of aryl methyl sites for hydroxylation is 2. The molecule has 1 aromatic carbocycles. The Kier molecular flexibility index (Phi) is 4.72. The van der Waals surface area contributed by atoms with E-state index in [-0.39, 0.29) is 9.20 Å². The molecule has 0 bridgehead atoms. The van der Waals surface area contributed by atoms with Crippen LogP contribution in [0.2, 0.25) is 0 Å². The molecular formula is C13H13BrN2O2S3. The van der Waals surface area contributed by atoms with Crippen molar-refractivity contribution in [1.82, 2.24) is 0 Å². The summed E-state index contributed by atoms with van der Waals surface area (Å²) >= 11 is 9.30. The first-order valence-electron chi connectivity index (χ1n) is 5.90. The fraction of sp³-hybridized carbons (Fsp3) is 0.154. The summed E-state index contributed by atoms with van der Waals surface area (Å²) in [4.78, 5) is 0.770. The number of halogens is 1. The van der Waals surface area contributed by atoms with E-state index in [1.54, 1.807) is 6.07 Å². The molecule has 112 valence electrons. The van der Waals surface area contributed by atoms with Gasteiger partial charge in [-0.05, 0) is 49.2 Å². The highest BCUT2D eigenvalue weighted by Crippen LogP contribution is 2.29. The Morgan fingerprint density at radius 1 is 1.29 bits per heavy atom. The quantitative estimate of drug-likeness (QED) is 0.763. The SMILES string of the molecule is Cc1cc(Br)cc(C)c1NS(=O)(=O)c1ccc(C(N)=S)s1. The van der Waals surface area contributed by atoms with Gasteiger partial charge >= 0.3 is 0 Å². The van der Waals surface area contributed by atoms with Crippen molar-refractivity contribution in [2.45, 2.75) is 18.1 Å². The number of thiophene rings is 1. The van der Waals surface area contributed by atoms with E-state index in [9.17, 15) is 8.42 Å². The molecule has 0 saturated carbocycles. The lowest BCUT2D eigenvalue weighted by Crippen LogP contribution is -2.13. The highest BCUT2D eigenvalue weighted by atomic mass is 79.9.